The molecule has 4 aromatic carbocycles. The van der Waals surface area contributed by atoms with E-state index >= 15 is 0 Å². The van der Waals surface area contributed by atoms with E-state index in [-0.39, 0.29) is 12.5 Å². The lowest BCUT2D eigenvalue weighted by Crippen LogP contribution is -2.73. The molecule has 5 atom stereocenters. The maximum atomic E-state index is 13.0. The van der Waals surface area contributed by atoms with Gasteiger partial charge in [-0.3, -0.25) is 4.79 Å². The average Bonchev–Trinajstić information content (AvgIpc) is 3.08. The van der Waals surface area contributed by atoms with Crippen LogP contribution in [0.5, 0.6) is 0 Å². The van der Waals surface area contributed by atoms with E-state index in [1.54, 1.807) is 0 Å². The fourth-order valence-corrected chi connectivity index (χ4v) is 6.13. The molecular formula is C38H41NO6. The molecule has 2 heterocycles. The molecule has 0 bridgehead atoms. The van der Waals surface area contributed by atoms with Gasteiger partial charge in [0.15, 0.2) is 5.72 Å². The quantitative estimate of drug-likeness (QED) is 0.191. The first-order valence-corrected chi connectivity index (χ1v) is 15.8. The zero-order valence-corrected chi connectivity index (χ0v) is 25.5. The van der Waals surface area contributed by atoms with E-state index in [1.165, 1.54) is 0 Å². The Morgan fingerprint density at radius 3 is 1.60 bits per heavy atom. The normalized spacial score (nSPS) is 24.8. The maximum absolute atomic E-state index is 13.0. The topological polar surface area (TPSA) is 75.3 Å². The summed E-state index contributed by atoms with van der Waals surface area (Å²) >= 11 is 0. The summed E-state index contributed by atoms with van der Waals surface area (Å²) in [6, 6.07) is 40.2. The van der Waals surface area contributed by atoms with Gasteiger partial charge in [-0.2, -0.15) is 0 Å². The van der Waals surface area contributed by atoms with Crippen LogP contribution in [-0.4, -0.2) is 42.7 Å². The SMILES string of the molecule is O=C1CCC[C@@]2(N1)O[C@H](COCc1ccccc1)[C@H](OCc1ccccc1)[C@H](OCc1ccccc1)[C@H]2OCc1ccccc1. The number of amides is 1. The van der Waals surface area contributed by atoms with Crippen LogP contribution in [0.15, 0.2) is 121 Å². The number of hydrogen-bond acceptors (Lipinski definition) is 6. The molecule has 4 aromatic rings. The van der Waals surface area contributed by atoms with Crippen molar-refractivity contribution in [3.8, 4) is 0 Å². The second-order valence-electron chi connectivity index (χ2n) is 11.7. The number of hydrogen-bond donors (Lipinski definition) is 1. The molecule has 0 aliphatic carbocycles. The molecule has 0 radical (unpaired) electrons. The average molecular weight is 608 g/mol. The minimum absolute atomic E-state index is 0.0658. The van der Waals surface area contributed by atoms with Gasteiger partial charge in [0.2, 0.25) is 5.91 Å². The second kappa shape index (κ2) is 15.4. The summed E-state index contributed by atoms with van der Waals surface area (Å²) in [7, 11) is 0. The van der Waals surface area contributed by atoms with E-state index in [0.29, 0.717) is 45.7 Å². The molecule has 45 heavy (non-hydrogen) atoms. The molecule has 2 saturated heterocycles. The highest BCUT2D eigenvalue weighted by molar-refractivity contribution is 5.77. The van der Waals surface area contributed by atoms with Gasteiger partial charge in [0.05, 0.1) is 33.0 Å². The van der Waals surface area contributed by atoms with Crippen LogP contribution in [-0.2, 0) is 54.9 Å². The predicted molar refractivity (Wildman–Crippen MR) is 171 cm³/mol. The molecule has 2 aliphatic rings. The number of carbonyl (C=O) groups excluding carboxylic acids is 1. The highest BCUT2D eigenvalue weighted by atomic mass is 16.6. The molecule has 1 spiro atoms. The lowest BCUT2D eigenvalue weighted by molar-refractivity contribution is -0.318. The molecular weight excluding hydrogens is 566 g/mol. The van der Waals surface area contributed by atoms with E-state index in [1.807, 2.05) is 121 Å². The number of rotatable bonds is 13. The number of benzene rings is 4. The van der Waals surface area contributed by atoms with Crippen LogP contribution in [0.25, 0.3) is 0 Å². The molecule has 2 fully saturated rings. The largest absolute Gasteiger partial charge is 0.374 e. The standard InChI is InChI=1S/C38H41NO6/c40-34-22-13-23-38(39-34)37(44-27-32-20-11-4-12-21-32)36(43-26-31-18-9-3-10-19-31)35(42-25-30-16-7-2-8-17-30)33(45-38)28-41-24-29-14-5-1-6-15-29/h1-12,14-21,33,35-37H,13,22-28H2,(H,39,40)/t33-,35+,36+,37-,38-/m1/s1. The first-order valence-electron chi connectivity index (χ1n) is 15.8. The molecule has 7 heteroatoms. The van der Waals surface area contributed by atoms with Crippen molar-refractivity contribution in [2.24, 2.45) is 0 Å². The van der Waals surface area contributed by atoms with Crippen LogP contribution in [0.4, 0.5) is 0 Å². The smallest absolute Gasteiger partial charge is 0.222 e. The molecule has 234 valence electrons. The minimum atomic E-state index is -1.10. The van der Waals surface area contributed by atoms with Gasteiger partial charge in [-0.15, -0.1) is 0 Å². The fourth-order valence-electron chi connectivity index (χ4n) is 6.13. The van der Waals surface area contributed by atoms with E-state index in [4.69, 9.17) is 23.7 Å². The van der Waals surface area contributed by atoms with Crippen LogP contribution in [0.2, 0.25) is 0 Å². The van der Waals surface area contributed by atoms with Gasteiger partial charge in [0.25, 0.3) is 0 Å². The predicted octanol–water partition coefficient (Wildman–Crippen LogP) is 6.35. The van der Waals surface area contributed by atoms with Crippen LogP contribution < -0.4 is 5.32 Å². The number of piperidine rings is 1. The van der Waals surface area contributed by atoms with Crippen LogP contribution >= 0.6 is 0 Å². The van der Waals surface area contributed by atoms with E-state index in [9.17, 15) is 4.79 Å². The Morgan fingerprint density at radius 1 is 0.622 bits per heavy atom. The van der Waals surface area contributed by atoms with Gasteiger partial charge in [-0.25, -0.2) is 0 Å². The van der Waals surface area contributed by atoms with Crippen molar-refractivity contribution >= 4 is 5.91 Å². The van der Waals surface area contributed by atoms with Crippen molar-refractivity contribution < 1.29 is 28.5 Å². The van der Waals surface area contributed by atoms with Crippen LogP contribution in [0.1, 0.15) is 41.5 Å². The molecule has 1 amide bonds. The van der Waals surface area contributed by atoms with Crippen molar-refractivity contribution in [2.45, 2.75) is 75.8 Å². The molecule has 1 N–H and O–H groups in total. The lowest BCUT2D eigenvalue weighted by atomic mass is 9.84. The van der Waals surface area contributed by atoms with Gasteiger partial charge in [0.1, 0.15) is 24.4 Å². The van der Waals surface area contributed by atoms with Crippen molar-refractivity contribution in [2.75, 3.05) is 6.61 Å². The Hall–Kier alpha value is -3.85. The molecule has 6 rings (SSSR count). The molecule has 7 nitrogen and oxygen atoms in total. The zero-order chi connectivity index (χ0) is 30.7. The summed E-state index contributed by atoms with van der Waals surface area (Å²) in [6.45, 7) is 1.72. The molecule has 0 saturated carbocycles. The fraction of sp³-hybridized carbons (Fsp3) is 0.342. The third kappa shape index (κ3) is 8.25. The van der Waals surface area contributed by atoms with E-state index < -0.39 is 30.1 Å². The maximum Gasteiger partial charge on any atom is 0.222 e. The first kappa shape index (κ1) is 31.1. The van der Waals surface area contributed by atoms with Crippen molar-refractivity contribution in [3.05, 3.63) is 144 Å². The van der Waals surface area contributed by atoms with Crippen molar-refractivity contribution in [1.82, 2.24) is 5.32 Å². The van der Waals surface area contributed by atoms with Gasteiger partial charge < -0.3 is 29.0 Å². The van der Waals surface area contributed by atoms with Crippen LogP contribution in [0.3, 0.4) is 0 Å². The Labute approximate surface area is 265 Å². The third-order valence-corrected chi connectivity index (χ3v) is 8.35. The summed E-state index contributed by atoms with van der Waals surface area (Å²) in [5.41, 5.74) is 3.06. The summed E-state index contributed by atoms with van der Waals surface area (Å²) in [6.07, 6.45) is -0.593. The molecule has 0 unspecified atom stereocenters. The first-order chi connectivity index (χ1) is 22.2. The zero-order valence-electron chi connectivity index (χ0n) is 25.5. The van der Waals surface area contributed by atoms with Gasteiger partial charge in [-0.05, 0) is 35.1 Å². The Kier molecular flexibility index (Phi) is 10.7. The Morgan fingerprint density at radius 2 is 1.09 bits per heavy atom. The summed E-state index contributed by atoms with van der Waals surface area (Å²) in [4.78, 5) is 13.0. The summed E-state index contributed by atoms with van der Waals surface area (Å²) < 4.78 is 33.4. The van der Waals surface area contributed by atoms with Gasteiger partial charge in [-0.1, -0.05) is 121 Å². The molecule has 0 aromatic heterocycles. The van der Waals surface area contributed by atoms with Gasteiger partial charge in [0, 0.05) is 6.42 Å². The lowest BCUT2D eigenvalue weighted by Gasteiger charge is -2.54. The Bertz CT molecular complexity index is 1460. The van der Waals surface area contributed by atoms with Crippen molar-refractivity contribution in [3.63, 3.8) is 0 Å². The van der Waals surface area contributed by atoms with Crippen molar-refractivity contribution in [1.29, 1.82) is 0 Å². The summed E-state index contributed by atoms with van der Waals surface area (Å²) in [5.74, 6) is -0.0658. The highest BCUT2D eigenvalue weighted by Crippen LogP contribution is 2.40. The van der Waals surface area contributed by atoms with E-state index in [2.05, 4.69) is 5.32 Å². The van der Waals surface area contributed by atoms with Crippen LogP contribution in [0, 0.1) is 0 Å². The number of nitrogens with one attached hydrogen (secondary N) is 1. The number of ether oxygens (including phenoxy) is 5. The molecule has 2 aliphatic heterocycles. The number of carbonyl (C=O) groups is 1. The summed E-state index contributed by atoms with van der Waals surface area (Å²) in [5, 5.41) is 3.20. The second-order valence-corrected chi connectivity index (χ2v) is 11.7. The van der Waals surface area contributed by atoms with Gasteiger partial charge >= 0.3 is 0 Å². The third-order valence-electron chi connectivity index (χ3n) is 8.35. The van der Waals surface area contributed by atoms with E-state index in [0.717, 1.165) is 22.3 Å². The minimum Gasteiger partial charge on any atom is -0.374 e. The monoisotopic (exact) mass is 607 g/mol. The highest BCUT2D eigenvalue weighted by Gasteiger charge is 2.58. The Balaban J connectivity index is 1.33.